The van der Waals surface area contributed by atoms with E-state index in [1.165, 1.54) is 25.7 Å². The van der Waals surface area contributed by atoms with Gasteiger partial charge in [0.1, 0.15) is 0 Å². The molecule has 1 rings (SSSR count). The van der Waals surface area contributed by atoms with Crippen LogP contribution >= 0.6 is 0 Å². The molecule has 0 aromatic carbocycles. The third kappa shape index (κ3) is 6.81. The number of nitrogens with one attached hydrogen (secondary N) is 2. The first-order valence-corrected chi connectivity index (χ1v) is 6.42. The second-order valence-electron chi connectivity index (χ2n) is 4.62. The highest BCUT2D eigenvalue weighted by molar-refractivity contribution is 5.73. The number of rotatable bonds is 7. The zero-order valence-corrected chi connectivity index (χ0v) is 10.2. The van der Waals surface area contributed by atoms with Crippen LogP contribution < -0.4 is 10.6 Å². The van der Waals surface area contributed by atoms with Crippen molar-refractivity contribution in [2.24, 2.45) is 5.92 Å². The van der Waals surface area contributed by atoms with E-state index >= 15 is 0 Å². The highest BCUT2D eigenvalue weighted by Gasteiger charge is 2.14. The van der Waals surface area contributed by atoms with Gasteiger partial charge in [0.15, 0.2) is 0 Å². The van der Waals surface area contributed by atoms with E-state index in [1.807, 2.05) is 0 Å². The largest absolute Gasteiger partial charge is 0.481 e. The number of aliphatic carboxylic acids is 1. The predicted molar refractivity (Wildman–Crippen MR) is 64.8 cm³/mol. The Morgan fingerprint density at radius 1 is 1.12 bits per heavy atom. The Hall–Kier alpha value is -1.26. The molecule has 0 bridgehead atoms. The first kappa shape index (κ1) is 13.8. The van der Waals surface area contributed by atoms with Crippen molar-refractivity contribution in [2.75, 3.05) is 13.1 Å². The Morgan fingerprint density at radius 2 is 1.76 bits per heavy atom. The molecule has 0 saturated heterocycles. The number of amides is 2. The molecule has 1 aliphatic rings. The van der Waals surface area contributed by atoms with Crippen molar-refractivity contribution in [3.63, 3.8) is 0 Å². The first-order valence-electron chi connectivity index (χ1n) is 6.42. The number of urea groups is 1. The average molecular weight is 242 g/mol. The molecule has 0 radical (unpaired) electrons. The molecular formula is C12H22N2O3. The van der Waals surface area contributed by atoms with Crippen molar-refractivity contribution in [1.29, 1.82) is 0 Å². The van der Waals surface area contributed by atoms with Crippen molar-refractivity contribution in [3.05, 3.63) is 0 Å². The lowest BCUT2D eigenvalue weighted by Crippen LogP contribution is -2.37. The quantitative estimate of drug-likeness (QED) is 0.595. The molecule has 0 atom stereocenters. The monoisotopic (exact) mass is 242 g/mol. The van der Waals surface area contributed by atoms with E-state index in [0.29, 0.717) is 13.0 Å². The van der Waals surface area contributed by atoms with Gasteiger partial charge >= 0.3 is 12.0 Å². The summed E-state index contributed by atoms with van der Waals surface area (Å²) in [4.78, 5) is 21.5. The number of carbonyl (C=O) groups is 2. The summed E-state index contributed by atoms with van der Waals surface area (Å²) in [6, 6.07) is -0.187. The minimum atomic E-state index is -0.826. The Morgan fingerprint density at radius 3 is 2.41 bits per heavy atom. The van der Waals surface area contributed by atoms with E-state index < -0.39 is 5.97 Å². The summed E-state index contributed by atoms with van der Waals surface area (Å²) < 4.78 is 0. The highest BCUT2D eigenvalue weighted by atomic mass is 16.4. The van der Waals surface area contributed by atoms with E-state index in [-0.39, 0.29) is 12.5 Å². The molecule has 17 heavy (non-hydrogen) atoms. The molecule has 0 spiro atoms. The van der Waals surface area contributed by atoms with E-state index in [1.54, 1.807) is 0 Å². The molecule has 1 saturated carbocycles. The molecule has 5 heteroatoms. The van der Waals surface area contributed by atoms with Crippen LogP contribution in [0, 0.1) is 5.92 Å². The highest BCUT2D eigenvalue weighted by Crippen LogP contribution is 2.26. The minimum Gasteiger partial charge on any atom is -0.481 e. The third-order valence-electron chi connectivity index (χ3n) is 3.17. The molecule has 0 heterocycles. The van der Waals surface area contributed by atoms with Crippen LogP contribution in [0.15, 0.2) is 0 Å². The molecule has 1 fully saturated rings. The van der Waals surface area contributed by atoms with Crippen molar-refractivity contribution in [3.8, 4) is 0 Å². The van der Waals surface area contributed by atoms with E-state index in [0.717, 1.165) is 18.9 Å². The van der Waals surface area contributed by atoms with Crippen molar-refractivity contribution >= 4 is 12.0 Å². The molecule has 2 amide bonds. The van der Waals surface area contributed by atoms with E-state index in [9.17, 15) is 9.59 Å². The van der Waals surface area contributed by atoms with Gasteiger partial charge in [-0.1, -0.05) is 25.7 Å². The van der Waals surface area contributed by atoms with E-state index in [2.05, 4.69) is 10.6 Å². The smallest absolute Gasteiger partial charge is 0.314 e. The van der Waals surface area contributed by atoms with Gasteiger partial charge in [0.2, 0.25) is 0 Å². The minimum absolute atomic E-state index is 0.0996. The van der Waals surface area contributed by atoms with Gasteiger partial charge in [-0.3, -0.25) is 4.79 Å². The van der Waals surface area contributed by atoms with Crippen molar-refractivity contribution in [2.45, 2.75) is 44.9 Å². The molecule has 0 unspecified atom stereocenters. The summed E-state index contributed by atoms with van der Waals surface area (Å²) in [5.74, 6) is -0.0456. The summed E-state index contributed by atoms with van der Waals surface area (Å²) >= 11 is 0. The lowest BCUT2D eigenvalue weighted by molar-refractivity contribution is -0.137. The molecule has 0 aromatic rings. The van der Waals surface area contributed by atoms with Gasteiger partial charge in [0, 0.05) is 19.5 Å². The maximum atomic E-state index is 11.3. The van der Waals surface area contributed by atoms with Crippen LogP contribution in [0.3, 0.4) is 0 Å². The second kappa shape index (κ2) is 7.92. The summed E-state index contributed by atoms with van der Waals surface area (Å²) in [6.07, 6.45) is 6.87. The fourth-order valence-corrected chi connectivity index (χ4v) is 2.19. The van der Waals surface area contributed by atoms with Gasteiger partial charge in [-0.05, 0) is 18.8 Å². The summed E-state index contributed by atoms with van der Waals surface area (Å²) in [7, 11) is 0. The zero-order chi connectivity index (χ0) is 12.5. The van der Waals surface area contributed by atoms with Gasteiger partial charge in [0.05, 0.1) is 0 Å². The Kier molecular flexibility index (Phi) is 6.43. The molecule has 1 aliphatic carbocycles. The van der Waals surface area contributed by atoms with Gasteiger partial charge in [0.25, 0.3) is 0 Å². The van der Waals surface area contributed by atoms with Gasteiger partial charge < -0.3 is 15.7 Å². The molecular weight excluding hydrogens is 220 g/mol. The molecule has 3 N–H and O–H groups in total. The summed E-state index contributed by atoms with van der Waals surface area (Å²) in [5.41, 5.74) is 0. The third-order valence-corrected chi connectivity index (χ3v) is 3.17. The Bertz CT molecular complexity index is 250. The molecule has 0 aliphatic heterocycles. The topological polar surface area (TPSA) is 78.4 Å². The number of hydrogen-bond acceptors (Lipinski definition) is 2. The number of carbonyl (C=O) groups excluding carboxylic acids is 1. The van der Waals surface area contributed by atoms with Crippen LogP contribution in [0.1, 0.15) is 44.9 Å². The van der Waals surface area contributed by atoms with Crippen LogP contribution in [0.2, 0.25) is 0 Å². The average Bonchev–Trinajstić information content (AvgIpc) is 2.77. The van der Waals surface area contributed by atoms with Crippen molar-refractivity contribution < 1.29 is 14.7 Å². The Balaban J connectivity index is 1.91. The van der Waals surface area contributed by atoms with Crippen LogP contribution in [-0.2, 0) is 4.79 Å². The standard InChI is InChI=1S/C12H22N2O3/c15-11(16)6-3-8-13-12(17)14-9-7-10-4-1-2-5-10/h10H,1-9H2,(H,15,16)(H2,13,14,17). The van der Waals surface area contributed by atoms with Gasteiger partial charge in [-0.2, -0.15) is 0 Å². The van der Waals surface area contributed by atoms with Crippen LogP contribution in [-0.4, -0.2) is 30.2 Å². The second-order valence-corrected chi connectivity index (χ2v) is 4.62. The normalized spacial score (nSPS) is 15.8. The molecule has 98 valence electrons. The Labute approximate surface area is 102 Å². The van der Waals surface area contributed by atoms with Gasteiger partial charge in [-0.25, -0.2) is 4.79 Å². The lowest BCUT2D eigenvalue weighted by atomic mass is 10.0. The lowest BCUT2D eigenvalue weighted by Gasteiger charge is -2.10. The van der Waals surface area contributed by atoms with Gasteiger partial charge in [-0.15, -0.1) is 0 Å². The molecule has 0 aromatic heterocycles. The van der Waals surface area contributed by atoms with Crippen LogP contribution in [0.25, 0.3) is 0 Å². The van der Waals surface area contributed by atoms with Crippen LogP contribution in [0.4, 0.5) is 4.79 Å². The fourth-order valence-electron chi connectivity index (χ4n) is 2.19. The van der Waals surface area contributed by atoms with Crippen molar-refractivity contribution in [1.82, 2.24) is 10.6 Å². The summed E-state index contributed by atoms with van der Waals surface area (Å²) in [6.45, 7) is 1.14. The zero-order valence-electron chi connectivity index (χ0n) is 10.2. The summed E-state index contributed by atoms with van der Waals surface area (Å²) in [5, 5.41) is 13.9. The first-order chi connectivity index (χ1) is 8.18. The maximum Gasteiger partial charge on any atom is 0.314 e. The predicted octanol–water partition coefficient (Wildman–Crippen LogP) is 1.73. The van der Waals surface area contributed by atoms with E-state index in [4.69, 9.17) is 5.11 Å². The number of carboxylic acids is 1. The SMILES string of the molecule is O=C(O)CCCNC(=O)NCCC1CCCC1. The molecule has 5 nitrogen and oxygen atoms in total. The number of hydrogen-bond donors (Lipinski definition) is 3. The maximum absolute atomic E-state index is 11.3. The fraction of sp³-hybridized carbons (Fsp3) is 0.833. The van der Waals surface area contributed by atoms with Crippen LogP contribution in [0.5, 0.6) is 0 Å². The number of carboxylic acid groups (broad SMARTS) is 1.